The predicted molar refractivity (Wildman–Crippen MR) is 95.3 cm³/mol. The Morgan fingerprint density at radius 1 is 0.900 bits per heavy atom. The van der Waals surface area contributed by atoms with Crippen LogP contribution in [0.4, 0.5) is 0 Å². The van der Waals surface area contributed by atoms with Gasteiger partial charge in [0.2, 0.25) is 0 Å². The van der Waals surface area contributed by atoms with Gasteiger partial charge in [-0.3, -0.25) is 0 Å². The van der Waals surface area contributed by atoms with Crippen molar-refractivity contribution in [1.82, 2.24) is 5.32 Å². The maximum atomic E-state index is 3.44. The van der Waals surface area contributed by atoms with Gasteiger partial charge < -0.3 is 5.32 Å². The summed E-state index contributed by atoms with van der Waals surface area (Å²) in [5.74, 6) is 0. The smallest absolute Gasteiger partial charge is 0.0574 e. The molecule has 0 fully saturated rings. The zero-order valence-electron chi connectivity index (χ0n) is 12.4. The molecule has 2 aromatic rings. The lowest BCUT2D eigenvalue weighted by Crippen LogP contribution is -2.18. The van der Waals surface area contributed by atoms with E-state index < -0.39 is 0 Å². The first kappa shape index (κ1) is 15.5. The summed E-state index contributed by atoms with van der Waals surface area (Å²) in [6.07, 6.45) is 2.21. The number of benzene rings is 2. The van der Waals surface area contributed by atoms with Crippen LogP contribution in [0.5, 0.6) is 0 Å². The van der Waals surface area contributed by atoms with Gasteiger partial charge in [0, 0.05) is 3.57 Å². The molecule has 1 unspecified atom stereocenters. The van der Waals surface area contributed by atoms with E-state index in [1.807, 2.05) is 7.05 Å². The lowest BCUT2D eigenvalue weighted by atomic mass is 9.93. The van der Waals surface area contributed by atoms with Gasteiger partial charge in [0.05, 0.1) is 6.04 Å². The summed E-state index contributed by atoms with van der Waals surface area (Å²) in [4.78, 5) is 0. The second-order valence-electron chi connectivity index (χ2n) is 5.01. The SMILES string of the molecule is CCc1ccc(C(NC)c2ccc(I)cc2)cc1CC. The molecule has 1 atom stereocenters. The van der Waals surface area contributed by atoms with Gasteiger partial charge in [-0.1, -0.05) is 44.2 Å². The quantitative estimate of drug-likeness (QED) is 0.741. The minimum atomic E-state index is 0.267. The van der Waals surface area contributed by atoms with Crippen LogP contribution in [0.3, 0.4) is 0 Å². The molecule has 2 rings (SSSR count). The standard InChI is InChI=1S/C18H22IN/c1-4-13-6-7-16(12-14(13)5-2)18(20-3)15-8-10-17(19)11-9-15/h6-12,18,20H,4-5H2,1-3H3. The number of hydrogen-bond acceptors (Lipinski definition) is 1. The monoisotopic (exact) mass is 379 g/mol. The highest BCUT2D eigenvalue weighted by Crippen LogP contribution is 2.25. The Hall–Kier alpha value is -0.870. The van der Waals surface area contributed by atoms with Crippen molar-refractivity contribution in [2.45, 2.75) is 32.7 Å². The van der Waals surface area contributed by atoms with Crippen LogP contribution < -0.4 is 5.32 Å². The number of rotatable bonds is 5. The lowest BCUT2D eigenvalue weighted by molar-refractivity contribution is 0.690. The summed E-state index contributed by atoms with van der Waals surface area (Å²) >= 11 is 2.35. The van der Waals surface area contributed by atoms with E-state index in [0.29, 0.717) is 0 Å². The van der Waals surface area contributed by atoms with E-state index in [1.54, 1.807) is 0 Å². The Bertz CT molecular complexity index is 560. The van der Waals surface area contributed by atoms with Crippen molar-refractivity contribution in [2.24, 2.45) is 0 Å². The maximum Gasteiger partial charge on any atom is 0.0574 e. The zero-order valence-corrected chi connectivity index (χ0v) is 14.6. The molecule has 0 saturated heterocycles. The van der Waals surface area contributed by atoms with Gasteiger partial charge in [0.25, 0.3) is 0 Å². The van der Waals surface area contributed by atoms with Crippen molar-refractivity contribution in [2.75, 3.05) is 7.05 Å². The summed E-state index contributed by atoms with van der Waals surface area (Å²) in [6.45, 7) is 4.46. The molecule has 20 heavy (non-hydrogen) atoms. The van der Waals surface area contributed by atoms with Crippen LogP contribution >= 0.6 is 22.6 Å². The zero-order chi connectivity index (χ0) is 14.5. The summed E-state index contributed by atoms with van der Waals surface area (Å²) < 4.78 is 1.27. The van der Waals surface area contributed by atoms with Gasteiger partial charge >= 0.3 is 0 Å². The van der Waals surface area contributed by atoms with E-state index in [-0.39, 0.29) is 6.04 Å². The van der Waals surface area contributed by atoms with E-state index in [4.69, 9.17) is 0 Å². The Morgan fingerprint density at radius 3 is 2.05 bits per heavy atom. The van der Waals surface area contributed by atoms with Crippen molar-refractivity contribution in [3.05, 3.63) is 68.3 Å². The van der Waals surface area contributed by atoms with Crippen molar-refractivity contribution in [1.29, 1.82) is 0 Å². The van der Waals surface area contributed by atoms with Crippen molar-refractivity contribution in [3.63, 3.8) is 0 Å². The summed E-state index contributed by atoms with van der Waals surface area (Å²) in [6, 6.07) is 15.9. The molecule has 2 aromatic carbocycles. The van der Waals surface area contributed by atoms with Crippen molar-refractivity contribution in [3.8, 4) is 0 Å². The van der Waals surface area contributed by atoms with E-state index in [2.05, 4.69) is 84.2 Å². The minimum Gasteiger partial charge on any atom is -0.309 e. The molecule has 1 nitrogen and oxygen atoms in total. The Balaban J connectivity index is 2.39. The number of aryl methyl sites for hydroxylation is 2. The fourth-order valence-corrected chi connectivity index (χ4v) is 3.04. The van der Waals surface area contributed by atoms with Crippen molar-refractivity contribution < 1.29 is 0 Å². The third-order valence-electron chi connectivity index (χ3n) is 3.82. The summed E-state index contributed by atoms with van der Waals surface area (Å²) in [5, 5.41) is 3.44. The molecule has 0 aromatic heterocycles. The molecule has 0 heterocycles. The normalized spacial score (nSPS) is 12.4. The average molecular weight is 379 g/mol. The molecule has 0 radical (unpaired) electrons. The molecule has 0 spiro atoms. The van der Waals surface area contributed by atoms with Gasteiger partial charge in [-0.25, -0.2) is 0 Å². The van der Waals surface area contributed by atoms with Gasteiger partial charge in [-0.2, -0.15) is 0 Å². The average Bonchev–Trinajstić information content (AvgIpc) is 2.49. The molecule has 0 amide bonds. The lowest BCUT2D eigenvalue weighted by Gasteiger charge is -2.19. The summed E-state index contributed by atoms with van der Waals surface area (Å²) in [7, 11) is 2.03. The molecule has 106 valence electrons. The van der Waals surface area contributed by atoms with Crippen LogP contribution in [0.2, 0.25) is 0 Å². The molecule has 1 N–H and O–H groups in total. The van der Waals surface area contributed by atoms with Crippen LogP contribution in [0.15, 0.2) is 42.5 Å². The molecule has 0 bridgehead atoms. The molecule has 0 aliphatic heterocycles. The van der Waals surface area contributed by atoms with E-state index >= 15 is 0 Å². The van der Waals surface area contributed by atoms with Crippen LogP contribution in [-0.4, -0.2) is 7.05 Å². The Labute approximate surface area is 135 Å². The fraction of sp³-hybridized carbons (Fsp3) is 0.333. The molecular weight excluding hydrogens is 357 g/mol. The van der Waals surface area contributed by atoms with E-state index in [0.717, 1.165) is 12.8 Å². The van der Waals surface area contributed by atoms with Crippen LogP contribution in [0.25, 0.3) is 0 Å². The second kappa shape index (κ2) is 7.23. The maximum absolute atomic E-state index is 3.44. The van der Waals surface area contributed by atoms with Gasteiger partial charge in [-0.05, 0) is 76.9 Å². The summed E-state index contributed by atoms with van der Waals surface area (Å²) in [5.41, 5.74) is 5.60. The van der Waals surface area contributed by atoms with Crippen molar-refractivity contribution >= 4 is 22.6 Å². The third kappa shape index (κ3) is 3.41. The van der Waals surface area contributed by atoms with Crippen LogP contribution in [0.1, 0.15) is 42.1 Å². The first-order valence-corrected chi connectivity index (χ1v) is 8.31. The first-order valence-electron chi connectivity index (χ1n) is 7.24. The van der Waals surface area contributed by atoms with Gasteiger partial charge in [0.15, 0.2) is 0 Å². The molecule has 2 heteroatoms. The second-order valence-corrected chi connectivity index (χ2v) is 6.25. The highest BCUT2D eigenvalue weighted by molar-refractivity contribution is 14.1. The molecule has 0 aliphatic rings. The third-order valence-corrected chi connectivity index (χ3v) is 4.54. The number of halogens is 1. The van der Waals surface area contributed by atoms with Crippen LogP contribution in [0, 0.1) is 3.57 Å². The minimum absolute atomic E-state index is 0.267. The highest BCUT2D eigenvalue weighted by Gasteiger charge is 2.13. The van der Waals surface area contributed by atoms with Gasteiger partial charge in [-0.15, -0.1) is 0 Å². The Kier molecular flexibility index (Phi) is 5.61. The molecule has 0 saturated carbocycles. The largest absolute Gasteiger partial charge is 0.309 e. The van der Waals surface area contributed by atoms with Gasteiger partial charge in [0.1, 0.15) is 0 Å². The fourth-order valence-electron chi connectivity index (χ4n) is 2.68. The molecule has 0 aliphatic carbocycles. The number of hydrogen-bond donors (Lipinski definition) is 1. The predicted octanol–water partition coefficient (Wildman–Crippen LogP) is 4.72. The number of nitrogens with one attached hydrogen (secondary N) is 1. The topological polar surface area (TPSA) is 12.0 Å². The van der Waals surface area contributed by atoms with E-state index in [9.17, 15) is 0 Å². The highest BCUT2D eigenvalue weighted by atomic mass is 127. The van der Waals surface area contributed by atoms with Crippen LogP contribution in [-0.2, 0) is 12.8 Å². The Morgan fingerprint density at radius 2 is 1.50 bits per heavy atom. The molecular formula is C18H22IN. The van der Waals surface area contributed by atoms with E-state index in [1.165, 1.54) is 25.8 Å². The first-order chi connectivity index (χ1) is 9.69.